The Labute approximate surface area is 229 Å². The first-order valence-electron chi connectivity index (χ1n) is 13.2. The molecule has 1 heterocycles. The molecule has 0 saturated carbocycles. The van der Waals surface area contributed by atoms with Crippen LogP contribution >= 0.6 is 11.8 Å². The van der Waals surface area contributed by atoms with E-state index in [1.165, 1.54) is 11.8 Å². The molecule has 0 aliphatic rings. The highest BCUT2D eigenvalue weighted by molar-refractivity contribution is 7.99. The van der Waals surface area contributed by atoms with Crippen LogP contribution in [0.15, 0.2) is 65.3 Å². The molecule has 38 heavy (non-hydrogen) atoms. The van der Waals surface area contributed by atoms with Crippen LogP contribution in [-0.2, 0) is 20.1 Å². The molecule has 0 spiro atoms. The molecular weight excluding hydrogens is 500 g/mol. The summed E-state index contributed by atoms with van der Waals surface area (Å²) in [4.78, 5) is 38.9. The van der Waals surface area contributed by atoms with Crippen LogP contribution in [0.1, 0.15) is 52.2 Å². The second-order valence-corrected chi connectivity index (χ2v) is 10.8. The van der Waals surface area contributed by atoms with Gasteiger partial charge in [-0.2, -0.15) is 0 Å². The summed E-state index contributed by atoms with van der Waals surface area (Å²) in [5.41, 5.74) is 0. The fourth-order valence-electron chi connectivity index (χ4n) is 4.09. The number of carbonyl (C=O) groups excluding carboxylic acids is 3. The number of Topliss-reactive ketones (excluding diaryl/α,β-unsaturated/α-hetero) is 1. The first-order chi connectivity index (χ1) is 18.4. The summed E-state index contributed by atoms with van der Waals surface area (Å²) in [5, 5.41) is 7.84. The number of fused-ring (bicyclic) bond motifs is 1. The standard InChI is InChI=1S/C30H38N2O5S/c1-4-5-12-26(28(33)20-38-19-25-11-8-15-36-25)32-30(35)27(16-21(2)3)31-29(34)18-37-24-14-13-22-9-6-7-10-23(22)17-24/h6-11,13-15,17,21,26-27H,4-5,12,16,18-20H2,1-3H3,(H,31,34)(H,32,35)/t26-,27-/m0/s1. The van der Waals surface area contributed by atoms with E-state index >= 15 is 0 Å². The van der Waals surface area contributed by atoms with Crippen LogP contribution in [0, 0.1) is 5.92 Å². The van der Waals surface area contributed by atoms with Crippen LogP contribution in [0.2, 0.25) is 0 Å². The fraction of sp³-hybridized carbons (Fsp3) is 0.433. The van der Waals surface area contributed by atoms with Gasteiger partial charge in [0.25, 0.3) is 5.91 Å². The Hall–Kier alpha value is -3.26. The Kier molecular flexibility index (Phi) is 11.7. The zero-order valence-corrected chi connectivity index (χ0v) is 23.2. The number of ketones is 1. The molecule has 0 fully saturated rings. The quantitative estimate of drug-likeness (QED) is 0.249. The number of rotatable bonds is 16. The molecule has 0 aliphatic carbocycles. The van der Waals surface area contributed by atoms with E-state index in [-0.39, 0.29) is 35.9 Å². The Morgan fingerprint density at radius 2 is 1.76 bits per heavy atom. The van der Waals surface area contributed by atoms with Gasteiger partial charge in [0.05, 0.1) is 23.8 Å². The van der Waals surface area contributed by atoms with Gasteiger partial charge in [-0.3, -0.25) is 14.4 Å². The maximum absolute atomic E-state index is 13.2. The number of amides is 2. The van der Waals surface area contributed by atoms with Crippen molar-refractivity contribution in [3.05, 3.63) is 66.6 Å². The van der Waals surface area contributed by atoms with E-state index in [9.17, 15) is 14.4 Å². The predicted molar refractivity (Wildman–Crippen MR) is 152 cm³/mol. The fourth-order valence-corrected chi connectivity index (χ4v) is 4.96. The first-order valence-corrected chi connectivity index (χ1v) is 14.3. The molecule has 3 rings (SSSR count). The molecule has 204 valence electrons. The van der Waals surface area contributed by atoms with Gasteiger partial charge in [0.15, 0.2) is 12.4 Å². The topological polar surface area (TPSA) is 97.6 Å². The van der Waals surface area contributed by atoms with Crippen LogP contribution in [0.4, 0.5) is 0 Å². The third kappa shape index (κ3) is 9.56. The van der Waals surface area contributed by atoms with Crippen molar-refractivity contribution in [2.75, 3.05) is 12.4 Å². The lowest BCUT2D eigenvalue weighted by atomic mass is 10.0. The third-order valence-electron chi connectivity index (χ3n) is 6.07. The van der Waals surface area contributed by atoms with E-state index < -0.39 is 12.1 Å². The number of ether oxygens (including phenoxy) is 1. The number of nitrogens with one attached hydrogen (secondary N) is 2. The molecule has 0 aliphatic heterocycles. The van der Waals surface area contributed by atoms with Crippen molar-refractivity contribution in [2.45, 2.75) is 64.3 Å². The van der Waals surface area contributed by atoms with Crippen molar-refractivity contribution in [3.8, 4) is 5.75 Å². The third-order valence-corrected chi connectivity index (χ3v) is 7.05. The van der Waals surface area contributed by atoms with Gasteiger partial charge in [0, 0.05) is 0 Å². The molecule has 8 heteroatoms. The number of benzene rings is 2. The van der Waals surface area contributed by atoms with Gasteiger partial charge in [-0.25, -0.2) is 0 Å². The SMILES string of the molecule is CCCC[C@H](NC(=O)[C@H](CC(C)C)NC(=O)COc1ccc2ccccc2c1)C(=O)CSCc1ccco1. The number of hydrogen-bond acceptors (Lipinski definition) is 6. The van der Waals surface area contributed by atoms with E-state index in [1.54, 1.807) is 6.26 Å². The van der Waals surface area contributed by atoms with Crippen molar-refractivity contribution < 1.29 is 23.5 Å². The molecule has 1 aromatic heterocycles. The molecule has 7 nitrogen and oxygen atoms in total. The van der Waals surface area contributed by atoms with E-state index in [2.05, 4.69) is 10.6 Å². The highest BCUT2D eigenvalue weighted by Gasteiger charge is 2.27. The molecule has 0 radical (unpaired) electrons. The van der Waals surface area contributed by atoms with Gasteiger partial charge in [-0.15, -0.1) is 11.8 Å². The summed E-state index contributed by atoms with van der Waals surface area (Å²) in [6.07, 6.45) is 4.36. The number of furan rings is 1. The number of unbranched alkanes of at least 4 members (excludes halogenated alkanes) is 1. The monoisotopic (exact) mass is 538 g/mol. The van der Waals surface area contributed by atoms with Gasteiger partial charge >= 0.3 is 0 Å². The second-order valence-electron chi connectivity index (χ2n) is 9.79. The zero-order valence-electron chi connectivity index (χ0n) is 22.4. The normalized spacial score (nSPS) is 12.7. The Morgan fingerprint density at radius 1 is 0.974 bits per heavy atom. The van der Waals surface area contributed by atoms with Crippen molar-refractivity contribution in [2.24, 2.45) is 5.92 Å². The Bertz CT molecular complexity index is 1180. The minimum Gasteiger partial charge on any atom is -0.484 e. The highest BCUT2D eigenvalue weighted by atomic mass is 32.2. The smallest absolute Gasteiger partial charge is 0.258 e. The summed E-state index contributed by atoms with van der Waals surface area (Å²) in [7, 11) is 0. The largest absolute Gasteiger partial charge is 0.484 e. The molecular formula is C30H38N2O5S. The van der Waals surface area contributed by atoms with Crippen LogP contribution in [0.3, 0.4) is 0 Å². The van der Waals surface area contributed by atoms with Crippen molar-refractivity contribution >= 4 is 40.1 Å². The van der Waals surface area contributed by atoms with Crippen LogP contribution in [0.25, 0.3) is 10.8 Å². The van der Waals surface area contributed by atoms with E-state index in [0.29, 0.717) is 24.3 Å². The van der Waals surface area contributed by atoms with E-state index in [1.807, 2.05) is 75.4 Å². The van der Waals surface area contributed by atoms with Gasteiger partial charge in [-0.1, -0.05) is 63.9 Å². The van der Waals surface area contributed by atoms with Gasteiger partial charge < -0.3 is 19.8 Å². The van der Waals surface area contributed by atoms with E-state index in [0.717, 1.165) is 29.4 Å². The average molecular weight is 539 g/mol. The molecule has 3 aromatic rings. The molecule has 0 unspecified atom stereocenters. The second kappa shape index (κ2) is 15.2. The molecule has 2 amide bonds. The van der Waals surface area contributed by atoms with Crippen LogP contribution < -0.4 is 15.4 Å². The predicted octanol–water partition coefficient (Wildman–Crippen LogP) is 5.52. The Balaban J connectivity index is 1.56. The summed E-state index contributed by atoms with van der Waals surface area (Å²) in [6.45, 7) is 5.82. The van der Waals surface area contributed by atoms with Crippen molar-refractivity contribution in [3.63, 3.8) is 0 Å². The number of hydrogen-bond donors (Lipinski definition) is 2. The van der Waals surface area contributed by atoms with E-state index in [4.69, 9.17) is 9.15 Å². The lowest BCUT2D eigenvalue weighted by Crippen LogP contribution is -2.53. The Morgan fingerprint density at radius 3 is 2.47 bits per heavy atom. The van der Waals surface area contributed by atoms with Gasteiger partial charge in [-0.05, 0) is 53.8 Å². The lowest BCUT2D eigenvalue weighted by molar-refractivity contribution is -0.132. The lowest BCUT2D eigenvalue weighted by Gasteiger charge is -2.24. The van der Waals surface area contributed by atoms with Crippen LogP contribution in [0.5, 0.6) is 5.75 Å². The minimum absolute atomic E-state index is 0.0300. The molecule has 0 saturated heterocycles. The molecule has 2 N–H and O–H groups in total. The first kappa shape index (κ1) is 29.3. The van der Waals surface area contributed by atoms with Gasteiger partial charge in [0.2, 0.25) is 5.91 Å². The number of carbonyl (C=O) groups is 3. The highest BCUT2D eigenvalue weighted by Crippen LogP contribution is 2.20. The molecule has 2 atom stereocenters. The molecule has 2 aromatic carbocycles. The van der Waals surface area contributed by atoms with Crippen molar-refractivity contribution in [1.82, 2.24) is 10.6 Å². The van der Waals surface area contributed by atoms with Gasteiger partial charge in [0.1, 0.15) is 17.6 Å². The summed E-state index contributed by atoms with van der Waals surface area (Å²) in [6, 6.07) is 15.9. The average Bonchev–Trinajstić information content (AvgIpc) is 3.42. The summed E-state index contributed by atoms with van der Waals surface area (Å²) >= 11 is 1.46. The molecule has 0 bridgehead atoms. The minimum atomic E-state index is -0.754. The summed E-state index contributed by atoms with van der Waals surface area (Å²) < 4.78 is 11.0. The van der Waals surface area contributed by atoms with Crippen LogP contribution in [-0.4, -0.2) is 42.0 Å². The maximum atomic E-state index is 13.2. The summed E-state index contributed by atoms with van der Waals surface area (Å²) in [5.74, 6) is 1.67. The number of thioether (sulfide) groups is 1. The van der Waals surface area contributed by atoms with Crippen molar-refractivity contribution in [1.29, 1.82) is 0 Å². The maximum Gasteiger partial charge on any atom is 0.258 e. The zero-order chi connectivity index (χ0) is 27.3.